The van der Waals surface area contributed by atoms with Gasteiger partial charge in [-0.1, -0.05) is 13.3 Å². The molecule has 1 aliphatic rings. The maximum Gasteiger partial charge on any atom is 0.257 e. The second-order valence-electron chi connectivity index (χ2n) is 7.71. The Morgan fingerprint density at radius 1 is 1.41 bits per heavy atom. The van der Waals surface area contributed by atoms with E-state index < -0.39 is 0 Å². The third-order valence-corrected chi connectivity index (χ3v) is 5.61. The lowest BCUT2D eigenvalue weighted by Gasteiger charge is -2.32. The number of nitrogens with zero attached hydrogens (tertiary/aromatic N) is 1. The van der Waals surface area contributed by atoms with Crippen LogP contribution in [0.5, 0.6) is 0 Å². The van der Waals surface area contributed by atoms with Crippen LogP contribution in [0.15, 0.2) is 17.2 Å². The van der Waals surface area contributed by atoms with Crippen LogP contribution in [0.4, 0.5) is 0 Å². The van der Waals surface area contributed by atoms with E-state index in [2.05, 4.69) is 17.2 Å². The fraction of sp³-hybridized carbons (Fsp3) is 0.667. The summed E-state index contributed by atoms with van der Waals surface area (Å²) in [6, 6.07) is 0.328. The van der Waals surface area contributed by atoms with Crippen molar-refractivity contribution in [1.82, 2.24) is 14.9 Å². The number of rotatable bonds is 8. The summed E-state index contributed by atoms with van der Waals surface area (Å²) in [5.41, 5.74) is 2.84. The molecule has 6 heteroatoms. The molecular formula is C21H33N3O3. The molecule has 150 valence electrons. The molecule has 0 radical (unpaired) electrons. The second kappa shape index (κ2) is 9.04. The lowest BCUT2D eigenvalue weighted by atomic mass is 9.92. The molecule has 2 aromatic rings. The van der Waals surface area contributed by atoms with E-state index in [0.29, 0.717) is 17.5 Å². The van der Waals surface area contributed by atoms with Crippen molar-refractivity contribution in [3.8, 4) is 0 Å². The Hall–Kier alpha value is -1.63. The molecule has 1 saturated carbocycles. The first-order valence-corrected chi connectivity index (χ1v) is 10.1. The smallest absolute Gasteiger partial charge is 0.257 e. The van der Waals surface area contributed by atoms with Gasteiger partial charge < -0.3 is 19.0 Å². The second-order valence-corrected chi connectivity index (χ2v) is 7.71. The van der Waals surface area contributed by atoms with Crippen LogP contribution in [0.3, 0.4) is 0 Å². The minimum atomic E-state index is -0.309. The zero-order chi connectivity index (χ0) is 19.4. The quantitative estimate of drug-likeness (QED) is 0.547. The Balaban J connectivity index is 1.77. The number of hydrogen-bond acceptors (Lipinski definition) is 4. The first-order valence-electron chi connectivity index (χ1n) is 10.1. The summed E-state index contributed by atoms with van der Waals surface area (Å²) in [6.45, 7) is 5.04. The van der Waals surface area contributed by atoms with Crippen molar-refractivity contribution in [2.24, 2.45) is 7.05 Å². The highest BCUT2D eigenvalue weighted by Crippen LogP contribution is 2.28. The van der Waals surface area contributed by atoms with E-state index in [1.54, 1.807) is 13.3 Å². The van der Waals surface area contributed by atoms with Crippen molar-refractivity contribution in [3.05, 3.63) is 33.9 Å². The van der Waals surface area contributed by atoms with Gasteiger partial charge in [-0.05, 0) is 44.6 Å². The zero-order valence-electron chi connectivity index (χ0n) is 17.0. The van der Waals surface area contributed by atoms with Gasteiger partial charge in [-0.3, -0.25) is 10.1 Å². The third kappa shape index (κ3) is 4.45. The highest BCUT2D eigenvalue weighted by atomic mass is 16.5. The monoisotopic (exact) mass is 375 g/mol. The molecule has 3 atom stereocenters. The number of pyridine rings is 1. The molecule has 0 aromatic carbocycles. The lowest BCUT2D eigenvalue weighted by Crippen LogP contribution is -2.40. The van der Waals surface area contributed by atoms with Gasteiger partial charge in [0.2, 0.25) is 0 Å². The fourth-order valence-electron chi connectivity index (χ4n) is 4.22. The van der Waals surface area contributed by atoms with E-state index in [9.17, 15) is 4.79 Å². The maximum atomic E-state index is 12.5. The van der Waals surface area contributed by atoms with Crippen LogP contribution in [-0.4, -0.2) is 35.4 Å². The summed E-state index contributed by atoms with van der Waals surface area (Å²) in [6.07, 6.45) is 10.4. The Morgan fingerprint density at radius 3 is 2.96 bits per heavy atom. The number of H-pyrrole nitrogens is 1. The first-order chi connectivity index (χ1) is 13.0. The van der Waals surface area contributed by atoms with Crippen molar-refractivity contribution in [2.75, 3.05) is 13.7 Å². The molecule has 0 spiro atoms. The van der Waals surface area contributed by atoms with E-state index in [0.717, 1.165) is 61.8 Å². The molecule has 1 aliphatic carbocycles. The van der Waals surface area contributed by atoms with Crippen molar-refractivity contribution in [1.29, 1.82) is 0 Å². The van der Waals surface area contributed by atoms with Crippen molar-refractivity contribution >= 4 is 10.9 Å². The Bertz CT molecular complexity index is 811. The zero-order valence-corrected chi connectivity index (χ0v) is 17.0. The number of aryl methyl sites for hydroxylation is 2. The fourth-order valence-corrected chi connectivity index (χ4v) is 4.22. The number of unbranched alkanes of at least 4 members (excludes halogenated alkanes) is 1. The molecular weight excluding hydrogens is 342 g/mol. The summed E-state index contributed by atoms with van der Waals surface area (Å²) in [5, 5.41) is 4.34. The Kier molecular flexibility index (Phi) is 6.73. The number of aromatic amines is 1. The number of methoxy groups -OCH3 is 1. The van der Waals surface area contributed by atoms with Crippen molar-refractivity contribution < 1.29 is 9.47 Å². The SMILES string of the molecule is CCCCOC1CCCC(NC(OC)c2cn(C)c3c(C)c[nH]c(=O)c23)C1. The van der Waals surface area contributed by atoms with Gasteiger partial charge in [0, 0.05) is 44.8 Å². The minimum absolute atomic E-state index is 0.0699. The van der Waals surface area contributed by atoms with Gasteiger partial charge in [-0.25, -0.2) is 0 Å². The molecule has 2 aromatic heterocycles. The lowest BCUT2D eigenvalue weighted by molar-refractivity contribution is 0.00144. The standard InChI is InChI=1S/C21H33N3O3/c1-5-6-10-27-16-9-7-8-15(11-16)23-21(26-4)17-13-24(3)19-14(2)12-22-20(25)18(17)19/h12-13,15-16,21,23H,5-11H2,1-4H3,(H,22,25). The molecule has 0 saturated heterocycles. The number of hydrogen-bond donors (Lipinski definition) is 2. The number of nitrogens with one attached hydrogen (secondary N) is 2. The average molecular weight is 376 g/mol. The maximum absolute atomic E-state index is 12.5. The van der Waals surface area contributed by atoms with E-state index in [-0.39, 0.29) is 11.8 Å². The average Bonchev–Trinajstić information content (AvgIpc) is 3.02. The molecule has 3 unspecified atom stereocenters. The van der Waals surface area contributed by atoms with Crippen LogP contribution in [-0.2, 0) is 16.5 Å². The van der Waals surface area contributed by atoms with Gasteiger partial charge in [0.05, 0.1) is 17.0 Å². The van der Waals surface area contributed by atoms with Gasteiger partial charge in [-0.15, -0.1) is 0 Å². The topological polar surface area (TPSA) is 68.3 Å². The van der Waals surface area contributed by atoms with Gasteiger partial charge in [0.25, 0.3) is 5.56 Å². The Labute approximate surface area is 161 Å². The number of ether oxygens (including phenoxy) is 2. The molecule has 3 rings (SSSR count). The summed E-state index contributed by atoms with van der Waals surface area (Å²) in [5.74, 6) is 0. The highest BCUT2D eigenvalue weighted by Gasteiger charge is 2.27. The molecule has 6 nitrogen and oxygen atoms in total. The van der Waals surface area contributed by atoms with Crippen LogP contribution >= 0.6 is 0 Å². The molecule has 1 fully saturated rings. The van der Waals surface area contributed by atoms with E-state index in [1.165, 1.54) is 0 Å². The summed E-state index contributed by atoms with van der Waals surface area (Å²) in [7, 11) is 3.67. The number of fused-ring (bicyclic) bond motifs is 1. The predicted octanol–water partition coefficient (Wildman–Crippen LogP) is 3.54. The molecule has 0 bridgehead atoms. The summed E-state index contributed by atoms with van der Waals surface area (Å²) < 4.78 is 13.8. The van der Waals surface area contributed by atoms with E-state index >= 15 is 0 Å². The molecule has 27 heavy (non-hydrogen) atoms. The molecule has 0 amide bonds. The van der Waals surface area contributed by atoms with E-state index in [4.69, 9.17) is 9.47 Å². The van der Waals surface area contributed by atoms with Gasteiger partial charge >= 0.3 is 0 Å². The first kappa shape index (κ1) is 20.1. The molecule has 2 N–H and O–H groups in total. The molecule has 2 heterocycles. The largest absolute Gasteiger partial charge is 0.378 e. The normalized spacial score (nSPS) is 21.6. The van der Waals surface area contributed by atoms with Crippen LogP contribution in [0.25, 0.3) is 10.9 Å². The van der Waals surface area contributed by atoms with Crippen LogP contribution in [0.1, 0.15) is 62.8 Å². The minimum Gasteiger partial charge on any atom is -0.378 e. The summed E-state index contributed by atoms with van der Waals surface area (Å²) >= 11 is 0. The summed E-state index contributed by atoms with van der Waals surface area (Å²) in [4.78, 5) is 15.3. The van der Waals surface area contributed by atoms with Gasteiger partial charge in [0.15, 0.2) is 0 Å². The Morgan fingerprint density at radius 2 is 2.22 bits per heavy atom. The van der Waals surface area contributed by atoms with Crippen LogP contribution < -0.4 is 10.9 Å². The highest BCUT2D eigenvalue weighted by molar-refractivity contribution is 5.85. The van der Waals surface area contributed by atoms with Crippen LogP contribution in [0, 0.1) is 6.92 Å². The number of aromatic nitrogens is 2. The van der Waals surface area contributed by atoms with E-state index in [1.807, 2.05) is 24.7 Å². The van der Waals surface area contributed by atoms with Crippen molar-refractivity contribution in [3.63, 3.8) is 0 Å². The van der Waals surface area contributed by atoms with Gasteiger partial charge in [0.1, 0.15) is 6.23 Å². The predicted molar refractivity (Wildman–Crippen MR) is 108 cm³/mol. The van der Waals surface area contributed by atoms with Crippen LogP contribution in [0.2, 0.25) is 0 Å². The van der Waals surface area contributed by atoms with Gasteiger partial charge in [-0.2, -0.15) is 0 Å². The molecule has 0 aliphatic heterocycles. The third-order valence-electron chi connectivity index (χ3n) is 5.61. The van der Waals surface area contributed by atoms with Crippen molar-refractivity contribution in [2.45, 2.75) is 70.7 Å².